The number of unbranched alkanes of at least 4 members (excludes halogenated alkanes) is 1. The van der Waals surface area contributed by atoms with Crippen molar-refractivity contribution in [3.05, 3.63) is 54.1 Å². The fraction of sp³-hybridized carbons (Fsp3) is 0.286. The number of hydrogen-bond donors (Lipinski definition) is 0. The first-order valence-corrected chi connectivity index (χ1v) is 5.24. The Morgan fingerprint density at radius 3 is 2.64 bits per heavy atom. The van der Waals surface area contributed by atoms with Crippen molar-refractivity contribution in [1.29, 1.82) is 0 Å². The average Bonchev–Trinajstić information content (AvgIpc) is 2.25. The van der Waals surface area contributed by atoms with Gasteiger partial charge in [-0.25, -0.2) is 0 Å². The van der Waals surface area contributed by atoms with Crippen molar-refractivity contribution in [2.75, 3.05) is 0 Å². The molecule has 1 aromatic carbocycles. The Balaban J connectivity index is 2.44. The summed E-state index contributed by atoms with van der Waals surface area (Å²) in [6.45, 7) is 6.22. The third kappa shape index (κ3) is 4.08. The Morgan fingerprint density at radius 2 is 2.00 bits per heavy atom. The smallest absolute Gasteiger partial charge is 0.0257 e. The van der Waals surface area contributed by atoms with Crippen LogP contribution in [0.25, 0.3) is 6.08 Å². The summed E-state index contributed by atoms with van der Waals surface area (Å²) in [5.74, 6) is 0. The maximum atomic E-state index is 4.02. The van der Waals surface area contributed by atoms with E-state index in [1.54, 1.807) is 0 Å². The molecule has 1 aromatic rings. The van der Waals surface area contributed by atoms with Crippen LogP contribution in [0.1, 0.15) is 31.7 Å². The van der Waals surface area contributed by atoms with Gasteiger partial charge in [-0.2, -0.15) is 0 Å². The zero-order valence-corrected chi connectivity index (χ0v) is 8.87. The fourth-order valence-corrected chi connectivity index (χ4v) is 1.27. The summed E-state index contributed by atoms with van der Waals surface area (Å²) < 4.78 is 0. The minimum atomic E-state index is 1.11. The summed E-state index contributed by atoms with van der Waals surface area (Å²) >= 11 is 0. The maximum Gasteiger partial charge on any atom is -0.0257 e. The summed E-state index contributed by atoms with van der Waals surface area (Å²) in [6, 6.07) is 10.3. The molecular weight excluding hydrogens is 168 g/mol. The molecule has 0 aliphatic carbocycles. The third-order valence-electron chi connectivity index (χ3n) is 2.16. The Labute approximate surface area is 87.0 Å². The van der Waals surface area contributed by atoms with Crippen LogP contribution in [0.3, 0.4) is 0 Å². The van der Waals surface area contributed by atoms with Gasteiger partial charge in [-0.3, -0.25) is 0 Å². The van der Waals surface area contributed by atoms with E-state index >= 15 is 0 Å². The van der Waals surface area contributed by atoms with E-state index in [1.807, 2.05) is 6.07 Å². The molecule has 0 N–H and O–H groups in total. The van der Waals surface area contributed by atoms with Gasteiger partial charge in [0.15, 0.2) is 0 Å². The molecule has 0 saturated carbocycles. The predicted molar refractivity (Wildman–Crippen MR) is 64.1 cm³/mol. The predicted octanol–water partition coefficient (Wildman–Crippen LogP) is 4.45. The molecular formula is C14H18. The molecule has 0 saturated heterocycles. The Morgan fingerprint density at radius 1 is 1.29 bits per heavy atom. The van der Waals surface area contributed by atoms with Crippen molar-refractivity contribution < 1.29 is 0 Å². The minimum absolute atomic E-state index is 1.11. The molecule has 0 nitrogen and oxygen atoms in total. The lowest BCUT2D eigenvalue weighted by Crippen LogP contribution is -1.76. The Bertz CT molecular complexity index is 293. The van der Waals surface area contributed by atoms with E-state index in [0.717, 1.165) is 6.42 Å². The van der Waals surface area contributed by atoms with Crippen LogP contribution in [-0.4, -0.2) is 0 Å². The second-order valence-electron chi connectivity index (χ2n) is 3.51. The molecule has 14 heavy (non-hydrogen) atoms. The summed E-state index contributed by atoms with van der Waals surface area (Å²) in [6.07, 6.45) is 7.82. The molecule has 0 amide bonds. The van der Waals surface area contributed by atoms with E-state index in [0.29, 0.717) is 0 Å². The quantitative estimate of drug-likeness (QED) is 0.596. The van der Waals surface area contributed by atoms with Crippen molar-refractivity contribution in [3.63, 3.8) is 0 Å². The van der Waals surface area contributed by atoms with E-state index in [9.17, 15) is 0 Å². The monoisotopic (exact) mass is 186 g/mol. The normalized spacial score (nSPS) is 10.6. The molecule has 0 spiro atoms. The first-order valence-electron chi connectivity index (χ1n) is 5.24. The average molecular weight is 186 g/mol. The Hall–Kier alpha value is -1.30. The van der Waals surface area contributed by atoms with Crippen LogP contribution >= 0.6 is 0 Å². The summed E-state index contributed by atoms with van der Waals surface area (Å²) in [5.41, 5.74) is 2.46. The molecule has 0 aliphatic rings. The van der Waals surface area contributed by atoms with Crippen LogP contribution in [0, 0.1) is 0 Å². The van der Waals surface area contributed by atoms with Crippen LogP contribution in [0.15, 0.2) is 48.6 Å². The fourth-order valence-electron chi connectivity index (χ4n) is 1.27. The maximum absolute atomic E-state index is 4.02. The van der Waals surface area contributed by atoms with Gasteiger partial charge in [-0.15, -0.1) is 0 Å². The summed E-state index contributed by atoms with van der Waals surface area (Å²) in [5, 5.41) is 0. The SMILES string of the molecule is C=C(C=Cc1ccccc1)CCCC. The highest BCUT2D eigenvalue weighted by Gasteiger charge is 1.88. The molecule has 0 unspecified atom stereocenters. The van der Waals surface area contributed by atoms with Crippen LogP contribution in [-0.2, 0) is 0 Å². The molecule has 0 heterocycles. The lowest BCUT2D eigenvalue weighted by Gasteiger charge is -1.97. The second-order valence-corrected chi connectivity index (χ2v) is 3.51. The third-order valence-corrected chi connectivity index (χ3v) is 2.16. The lowest BCUT2D eigenvalue weighted by molar-refractivity contribution is 0.800. The van der Waals surface area contributed by atoms with Gasteiger partial charge in [0.25, 0.3) is 0 Å². The molecule has 0 heteroatoms. The van der Waals surface area contributed by atoms with Crippen LogP contribution < -0.4 is 0 Å². The van der Waals surface area contributed by atoms with Crippen molar-refractivity contribution in [1.82, 2.24) is 0 Å². The largest absolute Gasteiger partial charge is 0.0958 e. The van der Waals surface area contributed by atoms with Crippen molar-refractivity contribution in [3.8, 4) is 0 Å². The zero-order chi connectivity index (χ0) is 10.2. The summed E-state index contributed by atoms with van der Waals surface area (Å²) in [7, 11) is 0. The standard InChI is InChI=1S/C14H18/c1-3-4-8-13(2)11-12-14-9-6-5-7-10-14/h5-7,9-12H,2-4,8H2,1H3. The summed E-state index contributed by atoms with van der Waals surface area (Å²) in [4.78, 5) is 0. The van der Waals surface area contributed by atoms with Crippen molar-refractivity contribution in [2.45, 2.75) is 26.2 Å². The number of rotatable bonds is 5. The van der Waals surface area contributed by atoms with Crippen LogP contribution in [0.4, 0.5) is 0 Å². The highest BCUT2D eigenvalue weighted by atomic mass is 13.9. The van der Waals surface area contributed by atoms with Gasteiger partial charge in [0.1, 0.15) is 0 Å². The Kier molecular flexibility index (Phi) is 4.77. The van der Waals surface area contributed by atoms with Gasteiger partial charge in [0.2, 0.25) is 0 Å². The van der Waals surface area contributed by atoms with Gasteiger partial charge in [-0.1, -0.05) is 68.0 Å². The number of hydrogen-bond acceptors (Lipinski definition) is 0. The van der Waals surface area contributed by atoms with Crippen molar-refractivity contribution >= 4 is 6.08 Å². The van der Waals surface area contributed by atoms with E-state index in [-0.39, 0.29) is 0 Å². The molecule has 0 fully saturated rings. The minimum Gasteiger partial charge on any atom is -0.0958 e. The lowest BCUT2D eigenvalue weighted by atomic mass is 10.1. The van der Waals surface area contributed by atoms with E-state index < -0.39 is 0 Å². The zero-order valence-electron chi connectivity index (χ0n) is 8.87. The second kappa shape index (κ2) is 6.20. The molecule has 1 rings (SSSR count). The van der Waals surface area contributed by atoms with Gasteiger partial charge in [-0.05, 0) is 18.4 Å². The van der Waals surface area contributed by atoms with Gasteiger partial charge in [0, 0.05) is 0 Å². The number of allylic oxidation sites excluding steroid dienone is 2. The highest BCUT2D eigenvalue weighted by molar-refractivity contribution is 5.52. The first kappa shape index (κ1) is 10.8. The molecule has 0 radical (unpaired) electrons. The molecule has 0 aromatic heterocycles. The van der Waals surface area contributed by atoms with E-state index in [1.165, 1.54) is 24.0 Å². The van der Waals surface area contributed by atoms with Gasteiger partial charge in [0.05, 0.1) is 0 Å². The van der Waals surface area contributed by atoms with Gasteiger partial charge < -0.3 is 0 Å². The first-order chi connectivity index (χ1) is 6.83. The molecule has 0 atom stereocenters. The van der Waals surface area contributed by atoms with E-state index in [4.69, 9.17) is 0 Å². The van der Waals surface area contributed by atoms with Gasteiger partial charge >= 0.3 is 0 Å². The molecule has 0 bridgehead atoms. The van der Waals surface area contributed by atoms with E-state index in [2.05, 4.69) is 49.9 Å². The number of benzene rings is 1. The highest BCUT2D eigenvalue weighted by Crippen LogP contribution is 2.09. The topological polar surface area (TPSA) is 0 Å². The molecule has 0 aliphatic heterocycles. The molecule has 74 valence electrons. The van der Waals surface area contributed by atoms with Crippen molar-refractivity contribution in [2.24, 2.45) is 0 Å². The van der Waals surface area contributed by atoms with Crippen LogP contribution in [0.2, 0.25) is 0 Å². The van der Waals surface area contributed by atoms with Crippen LogP contribution in [0.5, 0.6) is 0 Å².